The summed E-state index contributed by atoms with van der Waals surface area (Å²) in [5, 5.41) is 0.849. The molecule has 1 aromatic heterocycles. The van der Waals surface area contributed by atoms with Crippen molar-refractivity contribution >= 4 is 28.0 Å². The molecule has 0 saturated carbocycles. The Hall–Kier alpha value is -2.95. The van der Waals surface area contributed by atoms with Crippen molar-refractivity contribution < 1.29 is 4.74 Å². The third-order valence-corrected chi connectivity index (χ3v) is 3.93. The van der Waals surface area contributed by atoms with Crippen LogP contribution in [0.25, 0.3) is 16.5 Å². The number of aliphatic imine (C=N–C) groups is 1. The van der Waals surface area contributed by atoms with Gasteiger partial charge in [-0.2, -0.15) is 9.97 Å². The Kier molecular flexibility index (Phi) is 2.63. The minimum Gasteiger partial charge on any atom is -0.467 e. The average molecular weight is 290 g/mol. The molecule has 0 bridgehead atoms. The SMILES string of the molecule is COc1nc(N)c2c(C3=CC4=CN=C(C)C4=C3)cccc2n1. The smallest absolute Gasteiger partial charge is 0.318 e. The molecule has 4 rings (SSSR count). The number of fused-ring (bicyclic) bond motifs is 2. The highest BCUT2D eigenvalue weighted by Gasteiger charge is 2.21. The number of benzene rings is 1. The summed E-state index contributed by atoms with van der Waals surface area (Å²) >= 11 is 0. The van der Waals surface area contributed by atoms with Crippen molar-refractivity contribution in [1.82, 2.24) is 9.97 Å². The van der Waals surface area contributed by atoms with Crippen LogP contribution in [-0.2, 0) is 0 Å². The third-order valence-electron chi connectivity index (χ3n) is 3.93. The van der Waals surface area contributed by atoms with Gasteiger partial charge in [-0.1, -0.05) is 12.1 Å². The number of methoxy groups -OCH3 is 1. The first-order valence-corrected chi connectivity index (χ1v) is 6.96. The number of nitrogen functional groups attached to an aromatic ring is 1. The van der Waals surface area contributed by atoms with E-state index in [1.165, 1.54) is 12.7 Å². The van der Waals surface area contributed by atoms with Crippen molar-refractivity contribution in [1.29, 1.82) is 0 Å². The molecule has 2 N–H and O–H groups in total. The molecule has 1 aliphatic heterocycles. The molecule has 2 aliphatic rings. The van der Waals surface area contributed by atoms with E-state index in [-0.39, 0.29) is 6.01 Å². The van der Waals surface area contributed by atoms with E-state index in [0.29, 0.717) is 5.82 Å². The maximum Gasteiger partial charge on any atom is 0.318 e. The van der Waals surface area contributed by atoms with Crippen LogP contribution < -0.4 is 10.5 Å². The van der Waals surface area contributed by atoms with Crippen LogP contribution in [-0.4, -0.2) is 22.8 Å². The van der Waals surface area contributed by atoms with Crippen molar-refractivity contribution in [3.63, 3.8) is 0 Å². The number of nitrogens with two attached hydrogens (primary N) is 1. The predicted octanol–water partition coefficient (Wildman–Crippen LogP) is 2.90. The summed E-state index contributed by atoms with van der Waals surface area (Å²) in [6, 6.07) is 6.19. The average Bonchev–Trinajstić information content (AvgIpc) is 3.09. The maximum atomic E-state index is 6.13. The van der Waals surface area contributed by atoms with Gasteiger partial charge in [0.25, 0.3) is 0 Å². The number of hydrogen-bond donors (Lipinski definition) is 1. The van der Waals surface area contributed by atoms with Crippen LogP contribution in [0.2, 0.25) is 0 Å². The van der Waals surface area contributed by atoms with Crippen LogP contribution in [0.15, 0.2) is 52.7 Å². The van der Waals surface area contributed by atoms with E-state index in [9.17, 15) is 0 Å². The molecule has 2 heterocycles. The zero-order valence-electron chi connectivity index (χ0n) is 12.3. The van der Waals surface area contributed by atoms with Crippen molar-refractivity contribution in [3.8, 4) is 6.01 Å². The highest BCUT2D eigenvalue weighted by Crippen LogP contribution is 2.37. The van der Waals surface area contributed by atoms with Crippen LogP contribution in [0, 0.1) is 0 Å². The van der Waals surface area contributed by atoms with Gasteiger partial charge in [-0.05, 0) is 36.3 Å². The molecule has 0 radical (unpaired) electrons. The molecular weight excluding hydrogens is 276 g/mol. The fraction of sp³-hybridized carbons (Fsp3) is 0.118. The minimum atomic E-state index is 0.281. The summed E-state index contributed by atoms with van der Waals surface area (Å²) in [5.41, 5.74) is 12.4. The largest absolute Gasteiger partial charge is 0.467 e. The van der Waals surface area contributed by atoms with E-state index in [0.717, 1.165) is 33.3 Å². The number of rotatable bonds is 2. The summed E-state index contributed by atoms with van der Waals surface area (Å²) in [4.78, 5) is 12.9. The summed E-state index contributed by atoms with van der Waals surface area (Å²) in [7, 11) is 1.53. The molecule has 5 nitrogen and oxygen atoms in total. The molecule has 2 aromatic rings. The molecule has 0 amide bonds. The maximum absolute atomic E-state index is 6.13. The Labute approximate surface area is 127 Å². The summed E-state index contributed by atoms with van der Waals surface area (Å²) < 4.78 is 5.09. The van der Waals surface area contributed by atoms with Gasteiger partial charge in [-0.25, -0.2) is 0 Å². The van der Waals surface area contributed by atoms with E-state index in [1.54, 1.807) is 0 Å². The van der Waals surface area contributed by atoms with Gasteiger partial charge in [0.15, 0.2) is 0 Å². The number of allylic oxidation sites excluding steroid dienone is 5. The van der Waals surface area contributed by atoms with Gasteiger partial charge < -0.3 is 10.5 Å². The fourth-order valence-electron chi connectivity index (χ4n) is 2.86. The Morgan fingerprint density at radius 1 is 1.09 bits per heavy atom. The molecule has 0 fully saturated rings. The van der Waals surface area contributed by atoms with Crippen molar-refractivity contribution in [2.75, 3.05) is 12.8 Å². The van der Waals surface area contributed by atoms with E-state index in [2.05, 4.69) is 27.1 Å². The topological polar surface area (TPSA) is 73.4 Å². The molecule has 0 spiro atoms. The van der Waals surface area contributed by atoms with Crippen LogP contribution >= 0.6 is 0 Å². The summed E-state index contributed by atoms with van der Waals surface area (Å²) in [5.74, 6) is 0.424. The summed E-state index contributed by atoms with van der Waals surface area (Å²) in [6.07, 6.45) is 6.14. The van der Waals surface area contributed by atoms with Gasteiger partial charge in [0.2, 0.25) is 0 Å². The van der Waals surface area contributed by atoms with Crippen LogP contribution in [0.4, 0.5) is 5.82 Å². The number of hydrogen-bond acceptors (Lipinski definition) is 5. The first-order chi connectivity index (χ1) is 10.7. The van der Waals surface area contributed by atoms with Gasteiger partial charge in [-0.3, -0.25) is 4.99 Å². The number of aromatic nitrogens is 2. The molecule has 0 unspecified atom stereocenters. The van der Waals surface area contributed by atoms with E-state index < -0.39 is 0 Å². The number of nitrogens with zero attached hydrogens (tertiary/aromatic N) is 3. The van der Waals surface area contributed by atoms with Gasteiger partial charge >= 0.3 is 6.01 Å². The third kappa shape index (κ3) is 1.75. The Balaban J connectivity index is 1.93. The zero-order valence-corrected chi connectivity index (χ0v) is 12.3. The highest BCUT2D eigenvalue weighted by atomic mass is 16.5. The lowest BCUT2D eigenvalue weighted by atomic mass is 10.0. The van der Waals surface area contributed by atoms with Gasteiger partial charge in [0.1, 0.15) is 5.82 Å². The predicted molar refractivity (Wildman–Crippen MR) is 87.8 cm³/mol. The second kappa shape index (κ2) is 4.53. The normalized spacial score (nSPS) is 16.1. The molecule has 1 aliphatic carbocycles. The molecular formula is C17H14N4O. The van der Waals surface area contributed by atoms with Crippen LogP contribution in [0.5, 0.6) is 6.01 Å². The monoisotopic (exact) mass is 290 g/mol. The van der Waals surface area contributed by atoms with E-state index >= 15 is 0 Å². The molecule has 0 saturated heterocycles. The first kappa shape index (κ1) is 12.8. The van der Waals surface area contributed by atoms with Crippen molar-refractivity contribution in [2.45, 2.75) is 6.92 Å². The zero-order chi connectivity index (χ0) is 15.3. The van der Waals surface area contributed by atoms with Gasteiger partial charge in [0, 0.05) is 23.1 Å². The standard InChI is InChI=1S/C17H14N4O/c1-9-13-7-10(6-11(13)8-19-9)12-4-3-5-14-15(12)16(18)21-17(20-14)22-2/h3-8H,1-2H3,(H2,18,20,21). The minimum absolute atomic E-state index is 0.281. The van der Waals surface area contributed by atoms with Crippen LogP contribution in [0.1, 0.15) is 12.5 Å². The Bertz CT molecular complexity index is 935. The molecule has 108 valence electrons. The van der Waals surface area contributed by atoms with Crippen molar-refractivity contribution in [3.05, 3.63) is 53.3 Å². The molecule has 22 heavy (non-hydrogen) atoms. The van der Waals surface area contributed by atoms with Crippen molar-refractivity contribution in [2.24, 2.45) is 4.99 Å². The van der Waals surface area contributed by atoms with E-state index in [4.69, 9.17) is 10.5 Å². The Morgan fingerprint density at radius 2 is 1.95 bits per heavy atom. The second-order valence-corrected chi connectivity index (χ2v) is 5.25. The molecule has 1 aromatic carbocycles. The lowest BCUT2D eigenvalue weighted by molar-refractivity contribution is 0.382. The first-order valence-electron chi connectivity index (χ1n) is 6.96. The van der Waals surface area contributed by atoms with E-state index in [1.807, 2.05) is 31.3 Å². The fourth-order valence-corrected chi connectivity index (χ4v) is 2.86. The molecule has 0 atom stereocenters. The second-order valence-electron chi connectivity index (χ2n) is 5.25. The van der Waals surface area contributed by atoms with Crippen LogP contribution in [0.3, 0.4) is 0 Å². The number of anilines is 1. The quantitative estimate of drug-likeness (QED) is 0.923. The Morgan fingerprint density at radius 3 is 2.73 bits per heavy atom. The summed E-state index contributed by atoms with van der Waals surface area (Å²) in [6.45, 7) is 2.01. The lowest BCUT2D eigenvalue weighted by Gasteiger charge is -2.09. The highest BCUT2D eigenvalue weighted by molar-refractivity contribution is 6.12. The molecule has 5 heteroatoms. The lowest BCUT2D eigenvalue weighted by Crippen LogP contribution is -2.00. The van der Waals surface area contributed by atoms with Gasteiger partial charge in [-0.15, -0.1) is 0 Å². The van der Waals surface area contributed by atoms with Gasteiger partial charge in [0.05, 0.1) is 18.0 Å². The number of ether oxygens (including phenoxy) is 1.